The van der Waals surface area contributed by atoms with Crippen molar-refractivity contribution in [3.05, 3.63) is 93.4 Å². The van der Waals surface area contributed by atoms with E-state index in [2.05, 4.69) is 21.2 Å². The number of nitrogens with one attached hydrogen (secondary N) is 1. The van der Waals surface area contributed by atoms with Crippen molar-refractivity contribution in [3.8, 4) is 0 Å². The van der Waals surface area contributed by atoms with Crippen LogP contribution < -0.4 is 9.62 Å². The van der Waals surface area contributed by atoms with Crippen molar-refractivity contribution in [1.82, 2.24) is 10.2 Å². The molecule has 0 aliphatic rings. The summed E-state index contributed by atoms with van der Waals surface area (Å²) in [4.78, 5) is 28.8. The summed E-state index contributed by atoms with van der Waals surface area (Å²) in [5.74, 6) is -0.806. The van der Waals surface area contributed by atoms with Crippen LogP contribution in [0.1, 0.15) is 44.2 Å². The molecule has 0 saturated carbocycles. The molecular weight excluding hydrogens is 614 g/mol. The Morgan fingerprint density at radius 1 is 1.00 bits per heavy atom. The standard InChI is InChI=1S/C30H35BrClN3O4S/c1-4-6-18-33-30(37)28(5-2)34(20-23-10-7-8-13-27(23)32)29(36)21-35(25-12-9-11-24(31)19-25)40(38,39)26-16-14-22(3)15-17-26/h7-17,19,28H,4-6,18,20-21H2,1-3H3,(H,33,37)/t28-/m0/s1. The van der Waals surface area contributed by atoms with Gasteiger partial charge >= 0.3 is 0 Å². The summed E-state index contributed by atoms with van der Waals surface area (Å²) in [7, 11) is -4.13. The molecular formula is C30H35BrClN3O4S. The van der Waals surface area contributed by atoms with Gasteiger partial charge in [0.25, 0.3) is 10.0 Å². The van der Waals surface area contributed by atoms with Crippen LogP contribution in [0.2, 0.25) is 5.02 Å². The lowest BCUT2D eigenvalue weighted by Gasteiger charge is -2.33. The fourth-order valence-electron chi connectivity index (χ4n) is 4.23. The molecule has 0 fully saturated rings. The molecule has 0 spiro atoms. The maximum atomic E-state index is 14.1. The van der Waals surface area contributed by atoms with Gasteiger partial charge < -0.3 is 10.2 Å². The van der Waals surface area contributed by atoms with E-state index in [0.717, 1.165) is 22.7 Å². The minimum Gasteiger partial charge on any atom is -0.354 e. The third-order valence-corrected chi connectivity index (χ3v) is 9.15. The molecule has 0 aliphatic heterocycles. The van der Waals surface area contributed by atoms with Crippen molar-refractivity contribution in [2.75, 3.05) is 17.4 Å². The topological polar surface area (TPSA) is 86.8 Å². The van der Waals surface area contributed by atoms with Gasteiger partial charge in [-0.15, -0.1) is 0 Å². The maximum absolute atomic E-state index is 14.1. The molecule has 214 valence electrons. The van der Waals surface area contributed by atoms with Gasteiger partial charge in [0.1, 0.15) is 12.6 Å². The predicted octanol–water partition coefficient (Wildman–Crippen LogP) is 6.33. The lowest BCUT2D eigenvalue weighted by Crippen LogP contribution is -2.52. The summed E-state index contributed by atoms with van der Waals surface area (Å²) in [6.07, 6.45) is 2.07. The number of aryl methyl sites for hydroxylation is 1. The summed E-state index contributed by atoms with van der Waals surface area (Å²) >= 11 is 9.85. The van der Waals surface area contributed by atoms with Gasteiger partial charge in [-0.1, -0.05) is 89.8 Å². The van der Waals surface area contributed by atoms with E-state index in [0.29, 0.717) is 33.7 Å². The van der Waals surface area contributed by atoms with Crippen molar-refractivity contribution in [3.63, 3.8) is 0 Å². The molecule has 1 N–H and O–H groups in total. The van der Waals surface area contributed by atoms with E-state index in [1.807, 2.05) is 26.8 Å². The Morgan fingerprint density at radius 2 is 1.70 bits per heavy atom. The van der Waals surface area contributed by atoms with Crippen LogP contribution in [0.5, 0.6) is 0 Å². The average molecular weight is 649 g/mol. The number of benzene rings is 3. The van der Waals surface area contributed by atoms with E-state index < -0.39 is 28.5 Å². The fraction of sp³-hybridized carbons (Fsp3) is 0.333. The van der Waals surface area contributed by atoms with E-state index in [9.17, 15) is 18.0 Å². The Bertz CT molecular complexity index is 1420. The molecule has 10 heteroatoms. The second-order valence-electron chi connectivity index (χ2n) is 9.49. The summed E-state index contributed by atoms with van der Waals surface area (Å²) in [5, 5.41) is 3.38. The van der Waals surface area contributed by atoms with Crippen molar-refractivity contribution in [1.29, 1.82) is 0 Å². The molecule has 40 heavy (non-hydrogen) atoms. The molecule has 0 bridgehead atoms. The zero-order valence-corrected chi connectivity index (χ0v) is 26.1. The predicted molar refractivity (Wildman–Crippen MR) is 164 cm³/mol. The summed E-state index contributed by atoms with van der Waals surface area (Å²) in [5.41, 5.74) is 1.89. The number of hydrogen-bond acceptors (Lipinski definition) is 4. The number of carbonyl (C=O) groups excluding carboxylic acids is 2. The molecule has 3 aromatic rings. The van der Waals surface area contributed by atoms with Gasteiger partial charge in [0, 0.05) is 22.6 Å². The van der Waals surface area contributed by atoms with Gasteiger partial charge in [-0.05, 0) is 61.7 Å². The van der Waals surface area contributed by atoms with Crippen LogP contribution in [-0.4, -0.2) is 44.3 Å². The zero-order chi connectivity index (χ0) is 29.3. The van der Waals surface area contributed by atoms with E-state index >= 15 is 0 Å². The third kappa shape index (κ3) is 8.08. The van der Waals surface area contributed by atoms with Crippen molar-refractivity contribution < 1.29 is 18.0 Å². The van der Waals surface area contributed by atoms with Crippen LogP contribution in [0.15, 0.2) is 82.2 Å². The van der Waals surface area contributed by atoms with Crippen LogP contribution in [0.3, 0.4) is 0 Å². The molecule has 0 unspecified atom stereocenters. The number of halogens is 2. The first-order valence-corrected chi connectivity index (χ1v) is 15.8. The summed E-state index contributed by atoms with van der Waals surface area (Å²) in [6.45, 7) is 5.76. The van der Waals surface area contributed by atoms with E-state index in [1.54, 1.807) is 54.6 Å². The van der Waals surface area contributed by atoms with Crippen LogP contribution in [0.4, 0.5) is 5.69 Å². The highest BCUT2D eigenvalue weighted by atomic mass is 79.9. The van der Waals surface area contributed by atoms with Crippen LogP contribution in [0.25, 0.3) is 0 Å². The number of carbonyl (C=O) groups is 2. The lowest BCUT2D eigenvalue weighted by molar-refractivity contribution is -0.140. The SMILES string of the molecule is CCCCNC(=O)[C@H](CC)N(Cc1ccccc1Cl)C(=O)CN(c1cccc(Br)c1)S(=O)(=O)c1ccc(C)cc1. The molecule has 0 radical (unpaired) electrons. The minimum absolute atomic E-state index is 0.0507. The molecule has 2 amide bonds. The third-order valence-electron chi connectivity index (χ3n) is 6.50. The van der Waals surface area contributed by atoms with Crippen LogP contribution in [-0.2, 0) is 26.2 Å². The van der Waals surface area contributed by atoms with Crippen molar-refractivity contribution in [2.45, 2.75) is 57.5 Å². The first-order chi connectivity index (χ1) is 19.1. The number of hydrogen-bond donors (Lipinski definition) is 1. The van der Waals surface area contributed by atoms with Crippen molar-refractivity contribution in [2.24, 2.45) is 0 Å². The number of unbranched alkanes of at least 4 members (excludes halogenated alkanes) is 1. The molecule has 0 heterocycles. The number of amides is 2. The van der Waals surface area contributed by atoms with Gasteiger partial charge in [0.05, 0.1) is 10.6 Å². The van der Waals surface area contributed by atoms with E-state index in [1.165, 1.54) is 17.0 Å². The number of rotatable bonds is 13. The largest absolute Gasteiger partial charge is 0.354 e. The van der Waals surface area contributed by atoms with Gasteiger partial charge in [-0.2, -0.15) is 0 Å². The monoisotopic (exact) mass is 647 g/mol. The highest BCUT2D eigenvalue weighted by molar-refractivity contribution is 9.10. The molecule has 0 aromatic heterocycles. The van der Waals surface area contributed by atoms with Crippen molar-refractivity contribution >= 4 is 55.1 Å². The molecule has 7 nitrogen and oxygen atoms in total. The Labute approximate surface area is 250 Å². The maximum Gasteiger partial charge on any atom is 0.264 e. The van der Waals surface area contributed by atoms with Gasteiger partial charge in [-0.3, -0.25) is 13.9 Å². The minimum atomic E-state index is -4.13. The van der Waals surface area contributed by atoms with Crippen LogP contribution >= 0.6 is 27.5 Å². The van der Waals surface area contributed by atoms with Gasteiger partial charge in [0.15, 0.2) is 0 Å². The number of sulfonamides is 1. The van der Waals surface area contributed by atoms with Gasteiger partial charge in [0.2, 0.25) is 11.8 Å². The Morgan fingerprint density at radius 3 is 2.33 bits per heavy atom. The lowest BCUT2D eigenvalue weighted by atomic mass is 10.1. The highest BCUT2D eigenvalue weighted by Gasteiger charge is 2.34. The molecule has 0 aliphatic carbocycles. The Kier molecular flexibility index (Phi) is 11.6. The molecule has 3 aromatic carbocycles. The Hall–Kier alpha value is -2.88. The molecule has 1 atom stereocenters. The van der Waals surface area contributed by atoms with Gasteiger partial charge in [-0.25, -0.2) is 8.42 Å². The summed E-state index contributed by atoms with van der Waals surface area (Å²) < 4.78 is 29.6. The second-order valence-corrected chi connectivity index (χ2v) is 12.7. The van der Waals surface area contributed by atoms with E-state index in [4.69, 9.17) is 11.6 Å². The molecule has 3 rings (SSSR count). The molecule has 0 saturated heterocycles. The normalized spacial score (nSPS) is 12.0. The fourth-order valence-corrected chi connectivity index (χ4v) is 6.22. The summed E-state index contributed by atoms with van der Waals surface area (Å²) in [6, 6.07) is 19.5. The first kappa shape index (κ1) is 31.6. The van der Waals surface area contributed by atoms with E-state index in [-0.39, 0.29) is 17.3 Å². The number of nitrogens with zero attached hydrogens (tertiary/aromatic N) is 2. The number of anilines is 1. The smallest absolute Gasteiger partial charge is 0.264 e. The zero-order valence-electron chi connectivity index (χ0n) is 22.9. The second kappa shape index (κ2) is 14.7. The highest BCUT2D eigenvalue weighted by Crippen LogP contribution is 2.28. The first-order valence-electron chi connectivity index (χ1n) is 13.2. The van der Waals surface area contributed by atoms with Crippen LogP contribution in [0, 0.1) is 6.92 Å². The average Bonchev–Trinajstić information content (AvgIpc) is 2.92. The quantitative estimate of drug-likeness (QED) is 0.220. The Balaban J connectivity index is 2.05.